The Hall–Kier alpha value is -1.10. The number of carbonyl (C=O) groups is 2. The molecule has 118 valence electrons. The van der Waals surface area contributed by atoms with E-state index in [0.717, 1.165) is 25.7 Å². The molecule has 0 aromatic carbocycles. The van der Waals surface area contributed by atoms with E-state index in [9.17, 15) is 9.59 Å². The summed E-state index contributed by atoms with van der Waals surface area (Å²) in [5, 5.41) is 0. The van der Waals surface area contributed by atoms with Gasteiger partial charge in [-0.3, -0.25) is 4.79 Å². The van der Waals surface area contributed by atoms with Gasteiger partial charge in [0, 0.05) is 13.5 Å². The van der Waals surface area contributed by atoms with Crippen molar-refractivity contribution in [1.82, 2.24) is 0 Å². The first-order valence-electron chi connectivity index (χ1n) is 7.50. The van der Waals surface area contributed by atoms with Gasteiger partial charge in [0.1, 0.15) is 0 Å². The predicted molar refractivity (Wildman–Crippen MR) is 76.4 cm³/mol. The molecule has 0 saturated carbocycles. The molecule has 0 fully saturated rings. The number of rotatable bonds is 12. The Labute approximate surface area is 122 Å². The highest BCUT2D eigenvalue weighted by atomic mass is 16.6. The average molecular weight is 288 g/mol. The standard InChI is InChI=1S/C15H28O5/c1-4-6-11-19-14(16)10-8-9-13(18-3)15(17)20-12-7-5-2/h13H,4-12H2,1-3H3. The molecule has 0 rings (SSSR count). The second-order valence-electron chi connectivity index (χ2n) is 4.71. The lowest BCUT2D eigenvalue weighted by atomic mass is 10.1. The highest BCUT2D eigenvalue weighted by Crippen LogP contribution is 2.08. The topological polar surface area (TPSA) is 61.8 Å². The number of hydrogen-bond acceptors (Lipinski definition) is 5. The van der Waals surface area contributed by atoms with Crippen LogP contribution in [0.15, 0.2) is 0 Å². The van der Waals surface area contributed by atoms with Crippen molar-refractivity contribution in [2.75, 3.05) is 20.3 Å². The van der Waals surface area contributed by atoms with Crippen molar-refractivity contribution in [2.45, 2.75) is 64.9 Å². The number of hydrogen-bond donors (Lipinski definition) is 0. The molecule has 5 heteroatoms. The Balaban J connectivity index is 3.77. The molecule has 0 spiro atoms. The van der Waals surface area contributed by atoms with Gasteiger partial charge in [0.2, 0.25) is 0 Å². The maximum absolute atomic E-state index is 11.7. The van der Waals surface area contributed by atoms with Crippen molar-refractivity contribution in [3.63, 3.8) is 0 Å². The second kappa shape index (κ2) is 12.9. The van der Waals surface area contributed by atoms with Crippen molar-refractivity contribution in [3.05, 3.63) is 0 Å². The molecular weight excluding hydrogens is 260 g/mol. The molecule has 0 aromatic rings. The van der Waals surface area contributed by atoms with E-state index in [-0.39, 0.29) is 11.9 Å². The molecule has 0 aliphatic rings. The van der Waals surface area contributed by atoms with E-state index in [1.54, 1.807) is 0 Å². The minimum atomic E-state index is -0.588. The van der Waals surface area contributed by atoms with Gasteiger partial charge in [0.05, 0.1) is 13.2 Å². The molecule has 0 amide bonds. The SMILES string of the molecule is CCCCOC(=O)CCCC(OC)C(=O)OCCCC. The molecule has 20 heavy (non-hydrogen) atoms. The van der Waals surface area contributed by atoms with Crippen molar-refractivity contribution >= 4 is 11.9 Å². The molecule has 5 nitrogen and oxygen atoms in total. The first kappa shape index (κ1) is 18.9. The molecule has 0 N–H and O–H groups in total. The van der Waals surface area contributed by atoms with Crippen molar-refractivity contribution in [2.24, 2.45) is 0 Å². The van der Waals surface area contributed by atoms with E-state index in [1.807, 2.05) is 13.8 Å². The Morgan fingerprint density at radius 1 is 0.950 bits per heavy atom. The van der Waals surface area contributed by atoms with E-state index < -0.39 is 6.10 Å². The van der Waals surface area contributed by atoms with E-state index in [0.29, 0.717) is 32.5 Å². The molecule has 0 heterocycles. The van der Waals surface area contributed by atoms with Gasteiger partial charge < -0.3 is 14.2 Å². The van der Waals surface area contributed by atoms with Gasteiger partial charge >= 0.3 is 11.9 Å². The van der Waals surface area contributed by atoms with Gasteiger partial charge in [-0.25, -0.2) is 4.79 Å². The maximum atomic E-state index is 11.7. The van der Waals surface area contributed by atoms with Crippen LogP contribution < -0.4 is 0 Å². The lowest BCUT2D eigenvalue weighted by molar-refractivity contribution is -0.156. The molecule has 1 unspecified atom stereocenters. The number of methoxy groups -OCH3 is 1. The monoisotopic (exact) mass is 288 g/mol. The summed E-state index contributed by atoms with van der Waals surface area (Å²) in [4.78, 5) is 23.1. The largest absolute Gasteiger partial charge is 0.466 e. The molecule has 0 bridgehead atoms. The van der Waals surface area contributed by atoms with Crippen molar-refractivity contribution < 1.29 is 23.8 Å². The fraction of sp³-hybridized carbons (Fsp3) is 0.867. The lowest BCUT2D eigenvalue weighted by Crippen LogP contribution is -2.26. The summed E-state index contributed by atoms with van der Waals surface area (Å²) < 4.78 is 15.2. The van der Waals surface area contributed by atoms with Crippen LogP contribution in [0.1, 0.15) is 58.8 Å². The summed E-state index contributed by atoms with van der Waals surface area (Å²) in [6.07, 6.45) is 4.48. The first-order valence-corrected chi connectivity index (χ1v) is 7.50. The molecule has 0 aliphatic carbocycles. The first-order chi connectivity index (χ1) is 9.65. The van der Waals surface area contributed by atoms with Crippen LogP contribution >= 0.6 is 0 Å². The Bertz CT molecular complexity index is 265. The van der Waals surface area contributed by atoms with Crippen LogP contribution in [-0.4, -0.2) is 38.4 Å². The number of unbranched alkanes of at least 4 members (excludes halogenated alkanes) is 2. The van der Waals surface area contributed by atoms with Crippen molar-refractivity contribution in [1.29, 1.82) is 0 Å². The molecule has 1 atom stereocenters. The second-order valence-corrected chi connectivity index (χ2v) is 4.71. The van der Waals surface area contributed by atoms with E-state index in [4.69, 9.17) is 14.2 Å². The third-order valence-electron chi connectivity index (χ3n) is 2.90. The summed E-state index contributed by atoms with van der Waals surface area (Å²) >= 11 is 0. The zero-order chi connectivity index (χ0) is 15.2. The normalized spacial score (nSPS) is 11.9. The van der Waals surface area contributed by atoms with Crippen LogP contribution in [0.4, 0.5) is 0 Å². The third-order valence-corrected chi connectivity index (χ3v) is 2.90. The van der Waals surface area contributed by atoms with Gasteiger partial charge in [0.25, 0.3) is 0 Å². The van der Waals surface area contributed by atoms with Crippen LogP contribution in [0.2, 0.25) is 0 Å². The third kappa shape index (κ3) is 9.78. The van der Waals surface area contributed by atoms with Crippen LogP contribution in [0.3, 0.4) is 0 Å². The predicted octanol–water partition coefficient (Wildman–Crippen LogP) is 2.86. The number of ether oxygens (including phenoxy) is 3. The van der Waals surface area contributed by atoms with Gasteiger partial charge in [0.15, 0.2) is 6.10 Å². The van der Waals surface area contributed by atoms with Gasteiger partial charge in [-0.2, -0.15) is 0 Å². The maximum Gasteiger partial charge on any atom is 0.335 e. The van der Waals surface area contributed by atoms with E-state index in [2.05, 4.69) is 0 Å². The fourth-order valence-electron chi connectivity index (χ4n) is 1.58. The Morgan fingerprint density at radius 3 is 2.10 bits per heavy atom. The summed E-state index contributed by atoms with van der Waals surface area (Å²) in [5.41, 5.74) is 0. The van der Waals surface area contributed by atoms with Crippen LogP contribution in [0.5, 0.6) is 0 Å². The molecule has 0 aliphatic heterocycles. The number of carbonyl (C=O) groups excluding carboxylic acids is 2. The molecule has 0 saturated heterocycles. The molecular formula is C15H28O5. The van der Waals surface area contributed by atoms with Crippen molar-refractivity contribution in [3.8, 4) is 0 Å². The Morgan fingerprint density at radius 2 is 1.55 bits per heavy atom. The quantitative estimate of drug-likeness (QED) is 0.408. The molecule has 0 aromatic heterocycles. The summed E-state index contributed by atoms with van der Waals surface area (Å²) in [6, 6.07) is 0. The van der Waals surface area contributed by atoms with Crippen LogP contribution in [-0.2, 0) is 23.8 Å². The number of esters is 2. The average Bonchev–Trinajstić information content (AvgIpc) is 2.44. The highest BCUT2D eigenvalue weighted by Gasteiger charge is 2.19. The van der Waals surface area contributed by atoms with Gasteiger partial charge in [-0.05, 0) is 25.7 Å². The smallest absolute Gasteiger partial charge is 0.335 e. The van der Waals surface area contributed by atoms with Gasteiger partial charge in [-0.1, -0.05) is 26.7 Å². The lowest BCUT2D eigenvalue weighted by Gasteiger charge is -2.14. The minimum Gasteiger partial charge on any atom is -0.466 e. The van der Waals surface area contributed by atoms with Crippen LogP contribution in [0, 0.1) is 0 Å². The summed E-state index contributed by atoms with van der Waals surface area (Å²) in [5.74, 6) is -0.562. The fourth-order valence-corrected chi connectivity index (χ4v) is 1.58. The van der Waals surface area contributed by atoms with Gasteiger partial charge in [-0.15, -0.1) is 0 Å². The van der Waals surface area contributed by atoms with E-state index in [1.165, 1.54) is 7.11 Å². The van der Waals surface area contributed by atoms with E-state index >= 15 is 0 Å². The van der Waals surface area contributed by atoms with Crippen LogP contribution in [0.25, 0.3) is 0 Å². The zero-order valence-electron chi connectivity index (χ0n) is 13.0. The Kier molecular flexibility index (Phi) is 12.2. The summed E-state index contributed by atoms with van der Waals surface area (Å²) in [6.45, 7) is 4.98. The molecule has 0 radical (unpaired) electrons. The zero-order valence-corrected chi connectivity index (χ0v) is 13.0. The minimum absolute atomic E-state index is 0.215. The summed E-state index contributed by atoms with van der Waals surface area (Å²) in [7, 11) is 1.48. The highest BCUT2D eigenvalue weighted by molar-refractivity contribution is 5.74.